The zero-order valence-electron chi connectivity index (χ0n) is 6.13. The van der Waals surface area contributed by atoms with E-state index in [1.807, 2.05) is 12.1 Å². The van der Waals surface area contributed by atoms with Crippen LogP contribution in [-0.2, 0) is 0 Å². The van der Waals surface area contributed by atoms with Gasteiger partial charge in [-0.25, -0.2) is 0 Å². The van der Waals surface area contributed by atoms with Crippen LogP contribution in [0.5, 0.6) is 5.75 Å². The van der Waals surface area contributed by atoms with E-state index in [4.69, 9.17) is 9.15 Å². The highest BCUT2D eigenvalue weighted by molar-refractivity contribution is 5.83. The van der Waals surface area contributed by atoms with Crippen LogP contribution in [0.3, 0.4) is 0 Å². The molecule has 2 rings (SSSR count). The number of rotatable bonds is 1. The Morgan fingerprint density at radius 3 is 3.18 bits per heavy atom. The van der Waals surface area contributed by atoms with Crippen LogP contribution >= 0.6 is 0 Å². The second kappa shape index (κ2) is 2.31. The van der Waals surface area contributed by atoms with Crippen LogP contribution in [0.4, 0.5) is 0 Å². The molecule has 0 saturated heterocycles. The van der Waals surface area contributed by atoms with Gasteiger partial charge in [-0.05, 0) is 18.2 Å². The van der Waals surface area contributed by atoms with Crippen molar-refractivity contribution in [2.24, 2.45) is 0 Å². The van der Waals surface area contributed by atoms with Crippen LogP contribution in [0.25, 0.3) is 11.0 Å². The normalized spacial score (nSPS) is 10.3. The Hall–Kier alpha value is -1.44. The third-order valence-corrected chi connectivity index (χ3v) is 1.59. The van der Waals surface area contributed by atoms with Gasteiger partial charge in [-0.1, -0.05) is 0 Å². The molecular weight excluding hydrogens is 140 g/mol. The summed E-state index contributed by atoms with van der Waals surface area (Å²) in [5, 5.41) is 0.968. The van der Waals surface area contributed by atoms with Gasteiger partial charge in [-0.15, -0.1) is 0 Å². The zero-order chi connectivity index (χ0) is 7.68. The van der Waals surface area contributed by atoms with E-state index in [1.165, 1.54) is 0 Å². The van der Waals surface area contributed by atoms with Gasteiger partial charge in [0.1, 0.15) is 11.3 Å². The summed E-state index contributed by atoms with van der Waals surface area (Å²) in [6, 6.07) is 8.47. The number of ether oxygens (including phenoxy) is 1. The number of fused-ring (bicyclic) bond motifs is 1. The summed E-state index contributed by atoms with van der Waals surface area (Å²) in [6.45, 7) is 0. The number of furan rings is 1. The van der Waals surface area contributed by atoms with E-state index >= 15 is 0 Å². The molecule has 2 nitrogen and oxygen atoms in total. The van der Waals surface area contributed by atoms with Gasteiger partial charge >= 0.3 is 0 Å². The molecule has 0 spiro atoms. The van der Waals surface area contributed by atoms with Crippen molar-refractivity contribution in [3.8, 4) is 5.75 Å². The van der Waals surface area contributed by atoms with Crippen LogP contribution in [0, 0.1) is 6.07 Å². The molecule has 0 fully saturated rings. The van der Waals surface area contributed by atoms with Crippen molar-refractivity contribution >= 4 is 11.0 Å². The highest BCUT2D eigenvalue weighted by Crippen LogP contribution is 2.24. The van der Waals surface area contributed by atoms with Crippen LogP contribution < -0.4 is 4.74 Å². The Bertz CT molecular complexity index is 362. The average molecular weight is 147 g/mol. The molecule has 2 heteroatoms. The summed E-state index contributed by atoms with van der Waals surface area (Å²) in [4.78, 5) is 0. The van der Waals surface area contributed by atoms with Crippen molar-refractivity contribution < 1.29 is 9.15 Å². The predicted octanol–water partition coefficient (Wildman–Crippen LogP) is 2.24. The number of benzene rings is 1. The smallest absolute Gasteiger partial charge is 0.137 e. The molecule has 0 saturated carbocycles. The second-order valence-electron chi connectivity index (χ2n) is 2.21. The molecule has 0 unspecified atom stereocenters. The molecular formula is C9H7O2. The first kappa shape index (κ1) is 6.28. The summed E-state index contributed by atoms with van der Waals surface area (Å²) in [5.74, 6) is 0.733. The quantitative estimate of drug-likeness (QED) is 0.617. The monoisotopic (exact) mass is 147 g/mol. The summed E-state index contributed by atoms with van der Waals surface area (Å²) >= 11 is 0. The third-order valence-electron chi connectivity index (χ3n) is 1.59. The van der Waals surface area contributed by atoms with Crippen molar-refractivity contribution in [1.82, 2.24) is 0 Å². The van der Waals surface area contributed by atoms with Crippen molar-refractivity contribution in [3.05, 3.63) is 30.5 Å². The maximum atomic E-state index is 5.16. The summed E-state index contributed by atoms with van der Waals surface area (Å²) in [6.07, 6.45) is 1.64. The first-order valence-corrected chi connectivity index (χ1v) is 3.33. The van der Waals surface area contributed by atoms with E-state index in [0.717, 1.165) is 16.7 Å². The van der Waals surface area contributed by atoms with E-state index < -0.39 is 0 Å². The molecule has 2 aromatic rings. The molecule has 55 valence electrons. The van der Waals surface area contributed by atoms with Crippen molar-refractivity contribution in [2.45, 2.75) is 0 Å². The summed E-state index contributed by atoms with van der Waals surface area (Å²) < 4.78 is 10.2. The molecule has 1 radical (unpaired) electrons. The Kier molecular flexibility index (Phi) is 1.32. The average Bonchev–Trinajstić information content (AvgIpc) is 2.50. The highest BCUT2D eigenvalue weighted by Gasteiger charge is 2.01. The van der Waals surface area contributed by atoms with Crippen LogP contribution in [0.2, 0.25) is 0 Å². The molecule has 0 bridgehead atoms. The van der Waals surface area contributed by atoms with Crippen molar-refractivity contribution in [3.63, 3.8) is 0 Å². The topological polar surface area (TPSA) is 22.4 Å². The van der Waals surface area contributed by atoms with Crippen LogP contribution in [-0.4, -0.2) is 7.11 Å². The minimum atomic E-state index is 0.733. The fraction of sp³-hybridized carbons (Fsp3) is 0.111. The highest BCUT2D eigenvalue weighted by atomic mass is 16.5. The van der Waals surface area contributed by atoms with E-state index in [1.54, 1.807) is 19.4 Å². The minimum Gasteiger partial charge on any atom is -0.495 e. The maximum absolute atomic E-state index is 5.16. The van der Waals surface area contributed by atoms with Crippen LogP contribution in [0.15, 0.2) is 28.9 Å². The molecule has 0 N–H and O–H groups in total. The van der Waals surface area contributed by atoms with Gasteiger partial charge in [-0.2, -0.15) is 0 Å². The first-order valence-electron chi connectivity index (χ1n) is 3.33. The number of hydrogen-bond donors (Lipinski definition) is 0. The number of hydrogen-bond acceptors (Lipinski definition) is 2. The molecule has 1 aromatic carbocycles. The van der Waals surface area contributed by atoms with E-state index in [2.05, 4.69) is 6.07 Å². The maximum Gasteiger partial charge on any atom is 0.137 e. The van der Waals surface area contributed by atoms with Crippen molar-refractivity contribution in [1.29, 1.82) is 0 Å². The lowest BCUT2D eigenvalue weighted by Gasteiger charge is -1.97. The fourth-order valence-electron chi connectivity index (χ4n) is 1.08. The first-order chi connectivity index (χ1) is 5.42. The van der Waals surface area contributed by atoms with Gasteiger partial charge in [0.25, 0.3) is 0 Å². The molecule has 11 heavy (non-hydrogen) atoms. The van der Waals surface area contributed by atoms with Gasteiger partial charge in [0, 0.05) is 6.07 Å². The predicted molar refractivity (Wildman–Crippen MR) is 41.6 cm³/mol. The van der Waals surface area contributed by atoms with Gasteiger partial charge in [-0.3, -0.25) is 0 Å². The third kappa shape index (κ3) is 0.871. The van der Waals surface area contributed by atoms with E-state index in [0.29, 0.717) is 0 Å². The SMILES string of the molecule is COc1[c]ccc2occc12. The lowest BCUT2D eigenvalue weighted by atomic mass is 10.2. The van der Waals surface area contributed by atoms with Crippen LogP contribution in [0.1, 0.15) is 0 Å². The van der Waals surface area contributed by atoms with Gasteiger partial charge in [0.2, 0.25) is 0 Å². The lowest BCUT2D eigenvalue weighted by molar-refractivity contribution is 0.418. The minimum absolute atomic E-state index is 0.733. The Morgan fingerprint density at radius 1 is 1.45 bits per heavy atom. The zero-order valence-corrected chi connectivity index (χ0v) is 6.13. The van der Waals surface area contributed by atoms with E-state index in [-0.39, 0.29) is 0 Å². The molecule has 0 atom stereocenters. The Balaban J connectivity index is 2.79. The summed E-state index contributed by atoms with van der Waals surface area (Å²) in [5.41, 5.74) is 0.834. The standard InChI is InChI=1S/C9H7O2/c1-10-8-3-2-4-9-7(8)5-6-11-9/h2,4-6H,1H3. The summed E-state index contributed by atoms with van der Waals surface area (Å²) in [7, 11) is 1.62. The Labute approximate surface area is 64.4 Å². The fourth-order valence-corrected chi connectivity index (χ4v) is 1.08. The van der Waals surface area contributed by atoms with Gasteiger partial charge in [0.05, 0.1) is 18.8 Å². The van der Waals surface area contributed by atoms with Crippen molar-refractivity contribution in [2.75, 3.05) is 7.11 Å². The number of methoxy groups -OCH3 is 1. The lowest BCUT2D eigenvalue weighted by Crippen LogP contribution is -1.81. The Morgan fingerprint density at radius 2 is 2.36 bits per heavy atom. The van der Waals surface area contributed by atoms with E-state index in [9.17, 15) is 0 Å². The molecule has 0 aliphatic carbocycles. The second-order valence-corrected chi connectivity index (χ2v) is 2.21. The molecule has 0 aliphatic heterocycles. The molecule has 1 heterocycles. The van der Waals surface area contributed by atoms with Gasteiger partial charge in [0.15, 0.2) is 0 Å². The van der Waals surface area contributed by atoms with Gasteiger partial charge < -0.3 is 9.15 Å². The molecule has 1 aromatic heterocycles. The molecule has 0 amide bonds. The largest absolute Gasteiger partial charge is 0.495 e. The molecule has 0 aliphatic rings.